The van der Waals surface area contributed by atoms with Gasteiger partial charge in [0.25, 0.3) is 0 Å². The van der Waals surface area contributed by atoms with Gasteiger partial charge in [0.1, 0.15) is 0 Å². The van der Waals surface area contributed by atoms with Gasteiger partial charge in [0.05, 0.1) is 0 Å². The lowest BCUT2D eigenvalue weighted by Crippen LogP contribution is -2.26. The predicted octanol–water partition coefficient (Wildman–Crippen LogP) is 2.77. The van der Waals surface area contributed by atoms with Crippen LogP contribution in [0, 0.1) is 30.6 Å². The smallest absolute Gasteiger partial charge is 0.0327 e. The van der Waals surface area contributed by atoms with Crippen LogP contribution in [0.2, 0.25) is 0 Å². The van der Waals surface area contributed by atoms with Gasteiger partial charge in [-0.3, -0.25) is 0 Å². The van der Waals surface area contributed by atoms with Gasteiger partial charge in [-0.2, -0.15) is 0 Å². The first-order chi connectivity index (χ1) is 7.24. The zero-order valence-corrected chi connectivity index (χ0v) is 10.1. The van der Waals surface area contributed by atoms with Crippen molar-refractivity contribution in [1.82, 2.24) is 4.90 Å². The summed E-state index contributed by atoms with van der Waals surface area (Å²) in [5.41, 5.74) is 0. The minimum absolute atomic E-state index is 0.388. The molecule has 84 valence electrons. The Morgan fingerprint density at radius 1 is 1.27 bits per heavy atom. The lowest BCUT2D eigenvalue weighted by atomic mass is 10.0. The van der Waals surface area contributed by atoms with Crippen LogP contribution in [-0.4, -0.2) is 25.0 Å². The van der Waals surface area contributed by atoms with Crippen LogP contribution in [0.25, 0.3) is 0 Å². The van der Waals surface area contributed by atoms with Gasteiger partial charge in [-0.15, -0.1) is 24.7 Å². The number of hydrogen-bond donors (Lipinski definition) is 0. The highest BCUT2D eigenvalue weighted by molar-refractivity contribution is 4.94. The third-order valence-corrected chi connectivity index (χ3v) is 2.56. The van der Waals surface area contributed by atoms with Gasteiger partial charge in [0, 0.05) is 25.4 Å². The molecule has 0 aromatic rings. The van der Waals surface area contributed by atoms with Crippen molar-refractivity contribution in [2.24, 2.45) is 5.92 Å². The fourth-order valence-corrected chi connectivity index (χ4v) is 1.59. The molecule has 0 fully saturated rings. The second kappa shape index (κ2) is 9.63. The maximum absolute atomic E-state index is 5.51. The molecule has 0 aromatic heterocycles. The monoisotopic (exact) mass is 205 g/mol. The molecule has 0 aromatic carbocycles. The van der Waals surface area contributed by atoms with E-state index in [0.29, 0.717) is 5.92 Å². The van der Waals surface area contributed by atoms with Crippen LogP contribution in [0.3, 0.4) is 0 Å². The molecular formula is C14H23N. The Kier molecular flexibility index (Phi) is 9.04. The highest BCUT2D eigenvalue weighted by atomic mass is 15.1. The minimum atomic E-state index is 0.388. The maximum Gasteiger partial charge on any atom is 0.0327 e. The zero-order chi connectivity index (χ0) is 11.5. The molecule has 0 N–H and O–H groups in total. The number of nitrogens with zero attached hydrogens (tertiary/aromatic N) is 1. The molecule has 0 saturated heterocycles. The summed E-state index contributed by atoms with van der Waals surface area (Å²) >= 11 is 0. The molecule has 0 saturated carbocycles. The third-order valence-electron chi connectivity index (χ3n) is 2.56. The van der Waals surface area contributed by atoms with Gasteiger partial charge < -0.3 is 4.90 Å². The van der Waals surface area contributed by atoms with E-state index in [0.717, 1.165) is 25.9 Å². The molecule has 0 aliphatic heterocycles. The molecule has 0 aliphatic carbocycles. The normalized spacial score (nSPS) is 12.1. The number of rotatable bonds is 8. The second-order valence-corrected chi connectivity index (χ2v) is 4.08. The summed E-state index contributed by atoms with van der Waals surface area (Å²) in [7, 11) is 2.08. The fraction of sp³-hybridized carbons (Fsp3) is 0.714. The largest absolute Gasteiger partial charge is 0.304 e. The Morgan fingerprint density at radius 3 is 2.53 bits per heavy atom. The van der Waals surface area contributed by atoms with E-state index in [-0.39, 0.29) is 0 Å². The van der Waals surface area contributed by atoms with E-state index in [1.807, 2.05) is 0 Å². The van der Waals surface area contributed by atoms with Crippen molar-refractivity contribution in [3.05, 3.63) is 0 Å². The maximum atomic E-state index is 5.51. The summed E-state index contributed by atoms with van der Waals surface area (Å²) in [6.07, 6.45) is 16.5. The van der Waals surface area contributed by atoms with E-state index in [2.05, 4.69) is 30.7 Å². The Bertz CT molecular complexity index is 218. The SMILES string of the molecule is C#CCCN(C)CC(C#C)CCCCC. The second-order valence-electron chi connectivity index (χ2n) is 4.08. The van der Waals surface area contributed by atoms with Gasteiger partial charge in [0.2, 0.25) is 0 Å². The quantitative estimate of drug-likeness (QED) is 0.435. The van der Waals surface area contributed by atoms with Crippen LogP contribution in [0.4, 0.5) is 0 Å². The van der Waals surface area contributed by atoms with E-state index < -0.39 is 0 Å². The topological polar surface area (TPSA) is 3.24 Å². The Hall–Kier alpha value is -0.920. The molecule has 0 spiro atoms. The van der Waals surface area contributed by atoms with Gasteiger partial charge >= 0.3 is 0 Å². The summed E-state index contributed by atoms with van der Waals surface area (Å²) in [5.74, 6) is 5.91. The van der Waals surface area contributed by atoms with Gasteiger partial charge in [0.15, 0.2) is 0 Å². The number of terminal acetylenes is 2. The highest BCUT2D eigenvalue weighted by Gasteiger charge is 2.07. The van der Waals surface area contributed by atoms with Crippen molar-refractivity contribution < 1.29 is 0 Å². The summed E-state index contributed by atoms with van der Waals surface area (Å²) in [6, 6.07) is 0. The number of hydrogen-bond acceptors (Lipinski definition) is 1. The molecule has 0 radical (unpaired) electrons. The summed E-state index contributed by atoms with van der Waals surface area (Å²) in [6.45, 7) is 4.13. The van der Waals surface area contributed by atoms with Crippen LogP contribution in [-0.2, 0) is 0 Å². The molecule has 1 nitrogen and oxygen atoms in total. The van der Waals surface area contributed by atoms with Gasteiger partial charge in [-0.1, -0.05) is 26.2 Å². The van der Waals surface area contributed by atoms with Crippen LogP contribution in [0.1, 0.15) is 39.0 Å². The van der Waals surface area contributed by atoms with Crippen molar-refractivity contribution in [2.45, 2.75) is 39.0 Å². The first kappa shape index (κ1) is 14.1. The average molecular weight is 205 g/mol. The first-order valence-electron chi connectivity index (χ1n) is 5.82. The van der Waals surface area contributed by atoms with Crippen molar-refractivity contribution in [3.8, 4) is 24.7 Å². The lowest BCUT2D eigenvalue weighted by Gasteiger charge is -2.19. The molecule has 0 rings (SSSR count). The number of unbranched alkanes of at least 4 members (excludes halogenated alkanes) is 2. The highest BCUT2D eigenvalue weighted by Crippen LogP contribution is 2.10. The molecule has 1 atom stereocenters. The van der Waals surface area contributed by atoms with Crippen LogP contribution < -0.4 is 0 Å². The van der Waals surface area contributed by atoms with E-state index >= 15 is 0 Å². The van der Waals surface area contributed by atoms with E-state index in [9.17, 15) is 0 Å². The third kappa shape index (κ3) is 8.10. The summed E-state index contributed by atoms with van der Waals surface area (Å²) < 4.78 is 0. The fourth-order valence-electron chi connectivity index (χ4n) is 1.59. The van der Waals surface area contributed by atoms with Crippen LogP contribution in [0.5, 0.6) is 0 Å². The van der Waals surface area contributed by atoms with Crippen LogP contribution in [0.15, 0.2) is 0 Å². The van der Waals surface area contributed by atoms with E-state index in [1.165, 1.54) is 19.3 Å². The Labute approximate surface area is 95.2 Å². The Balaban J connectivity index is 3.69. The van der Waals surface area contributed by atoms with Gasteiger partial charge in [-0.25, -0.2) is 0 Å². The Morgan fingerprint density at radius 2 is 2.00 bits per heavy atom. The van der Waals surface area contributed by atoms with E-state index in [4.69, 9.17) is 12.8 Å². The first-order valence-corrected chi connectivity index (χ1v) is 5.82. The average Bonchev–Trinajstić information content (AvgIpc) is 2.25. The van der Waals surface area contributed by atoms with Gasteiger partial charge in [-0.05, 0) is 13.5 Å². The molecule has 1 unspecified atom stereocenters. The summed E-state index contributed by atoms with van der Waals surface area (Å²) in [5, 5.41) is 0. The molecular weight excluding hydrogens is 182 g/mol. The molecule has 0 bridgehead atoms. The van der Waals surface area contributed by atoms with Crippen LogP contribution >= 0.6 is 0 Å². The predicted molar refractivity (Wildman–Crippen MR) is 67.4 cm³/mol. The molecule has 1 heteroatoms. The standard InChI is InChI=1S/C14H23N/c1-5-8-10-11-14(7-3)13-15(4)12-9-6-2/h2-3,14H,5,8-13H2,1,4H3. The molecule has 0 amide bonds. The summed E-state index contributed by atoms with van der Waals surface area (Å²) in [4.78, 5) is 2.23. The lowest BCUT2D eigenvalue weighted by molar-refractivity contribution is 0.301. The molecule has 0 aliphatic rings. The van der Waals surface area contributed by atoms with E-state index in [1.54, 1.807) is 0 Å². The molecule has 15 heavy (non-hydrogen) atoms. The zero-order valence-electron chi connectivity index (χ0n) is 10.1. The van der Waals surface area contributed by atoms with Crippen molar-refractivity contribution >= 4 is 0 Å². The molecule has 0 heterocycles. The van der Waals surface area contributed by atoms with Crippen molar-refractivity contribution in [1.29, 1.82) is 0 Å². The van der Waals surface area contributed by atoms with Crippen molar-refractivity contribution in [2.75, 3.05) is 20.1 Å². The van der Waals surface area contributed by atoms with Crippen molar-refractivity contribution in [3.63, 3.8) is 0 Å². The minimum Gasteiger partial charge on any atom is -0.304 e.